The number of hydrogen-bond acceptors (Lipinski definition) is 7. The standard InChI is InChI=1S/C24H22N4O2S2/c1-31-24-26-21(28-13-5-6-14-28)19-15-20(32-23(19)27-24)22(29)25-16-9-11-18(12-10-16)30-17-7-3-2-4-8-17/h2-4,7-12,15H,5-6,13-14H2,1H3,(H,25,29). The summed E-state index contributed by atoms with van der Waals surface area (Å²) in [4.78, 5) is 26.1. The molecular weight excluding hydrogens is 440 g/mol. The van der Waals surface area contributed by atoms with E-state index in [9.17, 15) is 4.79 Å². The number of nitrogens with zero attached hydrogens (tertiary/aromatic N) is 3. The lowest BCUT2D eigenvalue weighted by Crippen LogP contribution is -2.19. The van der Waals surface area contributed by atoms with Crippen LogP contribution in [0.25, 0.3) is 10.2 Å². The first kappa shape index (κ1) is 20.8. The van der Waals surface area contributed by atoms with Crippen LogP contribution in [0.5, 0.6) is 11.5 Å². The fraction of sp³-hybridized carbons (Fsp3) is 0.208. The number of carbonyl (C=O) groups excluding carboxylic acids is 1. The largest absolute Gasteiger partial charge is 0.457 e. The summed E-state index contributed by atoms with van der Waals surface area (Å²) >= 11 is 2.93. The molecule has 1 fully saturated rings. The number of carbonyl (C=O) groups is 1. The molecule has 2 aromatic carbocycles. The van der Waals surface area contributed by atoms with Crippen molar-refractivity contribution in [2.45, 2.75) is 18.0 Å². The van der Waals surface area contributed by atoms with E-state index in [1.165, 1.54) is 35.9 Å². The van der Waals surface area contributed by atoms with E-state index in [1.807, 2.05) is 66.9 Å². The smallest absolute Gasteiger partial charge is 0.265 e. The van der Waals surface area contributed by atoms with E-state index in [4.69, 9.17) is 9.72 Å². The Morgan fingerprint density at radius 2 is 1.75 bits per heavy atom. The van der Waals surface area contributed by atoms with Crippen LogP contribution < -0.4 is 15.0 Å². The minimum absolute atomic E-state index is 0.150. The number of rotatable bonds is 6. The van der Waals surface area contributed by atoms with Crippen molar-refractivity contribution in [3.63, 3.8) is 0 Å². The second-order valence-corrected chi connectivity index (χ2v) is 9.26. The molecule has 1 saturated heterocycles. The number of para-hydroxylation sites is 1. The average molecular weight is 463 g/mol. The number of thiophene rings is 1. The second kappa shape index (κ2) is 9.18. The molecule has 0 atom stereocenters. The number of hydrogen-bond donors (Lipinski definition) is 1. The van der Waals surface area contributed by atoms with Gasteiger partial charge in [0.05, 0.1) is 10.3 Å². The molecular formula is C24H22N4O2S2. The third-order valence-corrected chi connectivity index (χ3v) is 6.83. The normalized spacial score (nSPS) is 13.5. The molecule has 6 nitrogen and oxygen atoms in total. The zero-order valence-electron chi connectivity index (χ0n) is 17.6. The number of benzene rings is 2. The maximum Gasteiger partial charge on any atom is 0.265 e. The number of anilines is 2. The summed E-state index contributed by atoms with van der Waals surface area (Å²) < 4.78 is 5.81. The van der Waals surface area contributed by atoms with E-state index < -0.39 is 0 Å². The molecule has 32 heavy (non-hydrogen) atoms. The first-order chi connectivity index (χ1) is 15.7. The van der Waals surface area contributed by atoms with Crippen LogP contribution >= 0.6 is 23.1 Å². The summed E-state index contributed by atoms with van der Waals surface area (Å²) in [6.07, 6.45) is 4.31. The lowest BCUT2D eigenvalue weighted by molar-refractivity contribution is 0.103. The van der Waals surface area contributed by atoms with E-state index in [1.54, 1.807) is 0 Å². The van der Waals surface area contributed by atoms with Crippen molar-refractivity contribution in [1.82, 2.24) is 9.97 Å². The highest BCUT2D eigenvalue weighted by atomic mass is 32.2. The molecule has 8 heteroatoms. The Hall–Kier alpha value is -3.10. The maximum absolute atomic E-state index is 12.9. The molecule has 0 aliphatic carbocycles. The molecule has 0 unspecified atom stereocenters. The fourth-order valence-corrected chi connectivity index (χ4v) is 5.02. The summed E-state index contributed by atoms with van der Waals surface area (Å²) in [6.45, 7) is 1.99. The van der Waals surface area contributed by atoms with Crippen LogP contribution in [0.2, 0.25) is 0 Å². The summed E-state index contributed by atoms with van der Waals surface area (Å²) in [5, 5.41) is 4.67. The monoisotopic (exact) mass is 462 g/mol. The molecule has 0 saturated carbocycles. The van der Waals surface area contributed by atoms with Crippen LogP contribution in [0.1, 0.15) is 22.5 Å². The summed E-state index contributed by atoms with van der Waals surface area (Å²) in [7, 11) is 0. The Bertz CT molecular complexity index is 1240. The van der Waals surface area contributed by atoms with Gasteiger partial charge in [-0.2, -0.15) is 0 Å². The van der Waals surface area contributed by atoms with Crippen molar-refractivity contribution in [1.29, 1.82) is 0 Å². The average Bonchev–Trinajstić information content (AvgIpc) is 3.50. The fourth-order valence-electron chi connectivity index (χ4n) is 3.68. The van der Waals surface area contributed by atoms with Crippen molar-refractivity contribution in [2.75, 3.05) is 29.6 Å². The molecule has 0 bridgehead atoms. The number of nitrogens with one attached hydrogen (secondary N) is 1. The summed E-state index contributed by atoms with van der Waals surface area (Å²) in [5.41, 5.74) is 0.712. The van der Waals surface area contributed by atoms with Gasteiger partial charge in [0.25, 0.3) is 5.91 Å². The van der Waals surface area contributed by atoms with Gasteiger partial charge in [-0.3, -0.25) is 4.79 Å². The number of amides is 1. The highest BCUT2D eigenvalue weighted by Crippen LogP contribution is 2.34. The third kappa shape index (κ3) is 4.42. The Morgan fingerprint density at radius 3 is 2.47 bits per heavy atom. The zero-order valence-corrected chi connectivity index (χ0v) is 19.2. The van der Waals surface area contributed by atoms with E-state index >= 15 is 0 Å². The SMILES string of the molecule is CSc1nc(N2CCCC2)c2cc(C(=O)Nc3ccc(Oc4ccccc4)cc3)sc2n1. The highest BCUT2D eigenvalue weighted by Gasteiger charge is 2.21. The van der Waals surface area contributed by atoms with Crippen LogP contribution in [0, 0.1) is 0 Å². The van der Waals surface area contributed by atoms with Gasteiger partial charge in [0.1, 0.15) is 22.1 Å². The van der Waals surface area contributed by atoms with Crippen LogP contribution in [0.15, 0.2) is 65.8 Å². The highest BCUT2D eigenvalue weighted by molar-refractivity contribution is 7.98. The minimum atomic E-state index is -0.150. The molecule has 1 aliphatic rings. The molecule has 5 rings (SSSR count). The summed E-state index contributed by atoms with van der Waals surface area (Å²) in [6, 6.07) is 18.9. The molecule has 4 aromatic rings. The van der Waals surface area contributed by atoms with Crippen LogP contribution in [0.3, 0.4) is 0 Å². The number of aromatic nitrogens is 2. The van der Waals surface area contributed by atoms with Crippen molar-refractivity contribution in [2.24, 2.45) is 0 Å². The van der Waals surface area contributed by atoms with Crippen molar-refractivity contribution in [3.05, 3.63) is 65.5 Å². The zero-order chi connectivity index (χ0) is 21.9. The van der Waals surface area contributed by atoms with Gasteiger partial charge < -0.3 is 15.0 Å². The predicted octanol–water partition coefficient (Wildman–Crippen LogP) is 6.06. The quantitative estimate of drug-likeness (QED) is 0.278. The van der Waals surface area contributed by atoms with Crippen molar-refractivity contribution < 1.29 is 9.53 Å². The molecule has 162 valence electrons. The van der Waals surface area contributed by atoms with E-state index in [0.29, 0.717) is 16.3 Å². The molecule has 1 N–H and O–H groups in total. The Balaban J connectivity index is 1.35. The van der Waals surface area contributed by atoms with Gasteiger partial charge in [0, 0.05) is 18.8 Å². The molecule has 2 aromatic heterocycles. The number of thioether (sulfide) groups is 1. The van der Waals surface area contributed by atoms with Gasteiger partial charge in [-0.1, -0.05) is 30.0 Å². The predicted molar refractivity (Wildman–Crippen MR) is 132 cm³/mol. The Morgan fingerprint density at radius 1 is 1.03 bits per heavy atom. The topological polar surface area (TPSA) is 67.4 Å². The number of fused-ring (bicyclic) bond motifs is 1. The molecule has 0 spiro atoms. The Kier molecular flexibility index (Phi) is 5.96. The lowest BCUT2D eigenvalue weighted by atomic mass is 10.2. The molecule has 0 radical (unpaired) electrons. The lowest BCUT2D eigenvalue weighted by Gasteiger charge is -2.17. The Labute approximate surface area is 194 Å². The van der Waals surface area contributed by atoms with Gasteiger partial charge in [-0.05, 0) is 61.6 Å². The minimum Gasteiger partial charge on any atom is -0.457 e. The van der Waals surface area contributed by atoms with Gasteiger partial charge in [-0.25, -0.2) is 9.97 Å². The van der Waals surface area contributed by atoms with E-state index in [0.717, 1.165) is 40.0 Å². The van der Waals surface area contributed by atoms with Crippen LogP contribution in [0.4, 0.5) is 11.5 Å². The second-order valence-electron chi connectivity index (χ2n) is 7.45. The van der Waals surface area contributed by atoms with Crippen LogP contribution in [-0.4, -0.2) is 35.2 Å². The molecule has 1 amide bonds. The van der Waals surface area contributed by atoms with Gasteiger partial charge in [0.2, 0.25) is 0 Å². The van der Waals surface area contributed by atoms with E-state index in [2.05, 4.69) is 15.2 Å². The van der Waals surface area contributed by atoms with Gasteiger partial charge in [-0.15, -0.1) is 11.3 Å². The number of ether oxygens (including phenoxy) is 1. The molecule has 3 heterocycles. The van der Waals surface area contributed by atoms with E-state index in [-0.39, 0.29) is 5.91 Å². The van der Waals surface area contributed by atoms with Crippen LogP contribution in [-0.2, 0) is 0 Å². The maximum atomic E-state index is 12.9. The van der Waals surface area contributed by atoms with Crippen molar-refractivity contribution in [3.8, 4) is 11.5 Å². The first-order valence-corrected chi connectivity index (χ1v) is 12.5. The summed E-state index contributed by atoms with van der Waals surface area (Å²) in [5.74, 6) is 2.28. The van der Waals surface area contributed by atoms with Gasteiger partial charge in [0.15, 0.2) is 5.16 Å². The van der Waals surface area contributed by atoms with Gasteiger partial charge >= 0.3 is 0 Å². The first-order valence-electron chi connectivity index (χ1n) is 10.4. The molecule has 1 aliphatic heterocycles. The van der Waals surface area contributed by atoms with Crippen molar-refractivity contribution >= 4 is 50.7 Å². The third-order valence-electron chi connectivity index (χ3n) is 5.26.